The SMILES string of the molecule is COc1ccc(C23Cn4cccc4C(=O)N2CCN3C(=O)c2ccsc2)cc1. The van der Waals surface area contributed by atoms with Gasteiger partial charge in [0.1, 0.15) is 11.4 Å². The third-order valence-corrected chi connectivity index (χ3v) is 6.37. The highest BCUT2D eigenvalue weighted by Crippen LogP contribution is 2.43. The molecule has 2 aromatic heterocycles. The van der Waals surface area contributed by atoms with Crippen LogP contribution in [0.25, 0.3) is 0 Å². The number of carbonyl (C=O) groups excluding carboxylic acids is 2. The van der Waals surface area contributed by atoms with Gasteiger partial charge >= 0.3 is 0 Å². The van der Waals surface area contributed by atoms with Gasteiger partial charge in [-0.25, -0.2) is 0 Å². The van der Waals surface area contributed by atoms with Gasteiger partial charge in [-0.15, -0.1) is 0 Å². The fraction of sp³-hybridized carbons (Fsp3) is 0.238. The molecule has 1 aromatic carbocycles. The molecule has 0 spiro atoms. The molecule has 2 amide bonds. The van der Waals surface area contributed by atoms with Crippen molar-refractivity contribution < 1.29 is 14.3 Å². The lowest BCUT2D eigenvalue weighted by Crippen LogP contribution is -2.59. The maximum Gasteiger partial charge on any atom is 0.272 e. The van der Waals surface area contributed by atoms with Gasteiger partial charge in [0.05, 0.1) is 19.2 Å². The standard InChI is InChI=1S/C21H19N3O3S/c1-27-17-6-4-16(5-7-17)21-14-22-9-2-3-18(22)20(26)24(21)11-10-23(21)19(25)15-8-12-28-13-15/h2-9,12-13H,10-11,14H2,1H3. The summed E-state index contributed by atoms with van der Waals surface area (Å²) in [4.78, 5) is 30.3. The summed E-state index contributed by atoms with van der Waals surface area (Å²) in [6, 6.07) is 13.2. The first-order chi connectivity index (χ1) is 13.6. The number of carbonyl (C=O) groups is 2. The van der Waals surface area contributed by atoms with Crippen LogP contribution < -0.4 is 4.74 Å². The lowest BCUT2D eigenvalue weighted by atomic mass is 9.93. The summed E-state index contributed by atoms with van der Waals surface area (Å²) in [5, 5.41) is 3.76. The highest BCUT2D eigenvalue weighted by molar-refractivity contribution is 7.08. The van der Waals surface area contributed by atoms with Crippen molar-refractivity contribution in [3.8, 4) is 5.75 Å². The third kappa shape index (κ3) is 2.26. The number of thiophene rings is 1. The molecule has 1 fully saturated rings. The second kappa shape index (κ2) is 6.24. The number of hydrogen-bond donors (Lipinski definition) is 0. The summed E-state index contributed by atoms with van der Waals surface area (Å²) >= 11 is 1.50. The smallest absolute Gasteiger partial charge is 0.272 e. The van der Waals surface area contributed by atoms with Gasteiger partial charge in [-0.2, -0.15) is 11.3 Å². The first kappa shape index (κ1) is 17.1. The van der Waals surface area contributed by atoms with E-state index in [0.717, 1.165) is 11.3 Å². The number of nitrogens with zero attached hydrogens (tertiary/aromatic N) is 3. The molecule has 28 heavy (non-hydrogen) atoms. The summed E-state index contributed by atoms with van der Waals surface area (Å²) in [6.45, 7) is 1.51. The summed E-state index contributed by atoms with van der Waals surface area (Å²) < 4.78 is 7.25. The van der Waals surface area contributed by atoms with E-state index in [-0.39, 0.29) is 11.8 Å². The zero-order valence-electron chi connectivity index (χ0n) is 15.4. The molecule has 0 N–H and O–H groups in total. The van der Waals surface area contributed by atoms with Crippen LogP contribution in [0.4, 0.5) is 0 Å². The zero-order chi connectivity index (χ0) is 19.3. The molecule has 2 aliphatic rings. The van der Waals surface area contributed by atoms with Gasteiger partial charge in [0.25, 0.3) is 11.8 Å². The molecule has 6 nitrogen and oxygen atoms in total. The predicted molar refractivity (Wildman–Crippen MR) is 105 cm³/mol. The minimum absolute atomic E-state index is 0.0484. The van der Waals surface area contributed by atoms with Gasteiger partial charge < -0.3 is 19.1 Å². The van der Waals surface area contributed by atoms with Gasteiger partial charge in [0, 0.05) is 30.2 Å². The molecule has 2 aliphatic heterocycles. The number of aromatic nitrogens is 1. The Labute approximate surface area is 166 Å². The predicted octanol–water partition coefficient (Wildman–Crippen LogP) is 3.02. The average Bonchev–Trinajstić information content (AvgIpc) is 3.47. The van der Waals surface area contributed by atoms with E-state index in [0.29, 0.717) is 30.9 Å². The highest BCUT2D eigenvalue weighted by atomic mass is 32.1. The summed E-state index contributed by atoms with van der Waals surface area (Å²) in [6.07, 6.45) is 1.90. The normalized spacial score (nSPS) is 20.8. The van der Waals surface area contributed by atoms with Gasteiger partial charge in [0.15, 0.2) is 5.66 Å². The monoisotopic (exact) mass is 393 g/mol. The number of benzene rings is 1. The van der Waals surface area contributed by atoms with Gasteiger partial charge in [0.2, 0.25) is 0 Å². The fourth-order valence-corrected chi connectivity index (χ4v) is 4.98. The third-order valence-electron chi connectivity index (χ3n) is 5.69. The quantitative estimate of drug-likeness (QED) is 0.687. The van der Waals surface area contributed by atoms with Crippen molar-refractivity contribution in [3.63, 3.8) is 0 Å². The molecule has 0 saturated carbocycles. The largest absolute Gasteiger partial charge is 0.497 e. The molecule has 3 aromatic rings. The molecule has 5 rings (SSSR count). The molecule has 7 heteroatoms. The Morgan fingerprint density at radius 1 is 1.14 bits per heavy atom. The van der Waals surface area contributed by atoms with Crippen LogP contribution in [0.3, 0.4) is 0 Å². The number of ether oxygens (including phenoxy) is 1. The van der Waals surface area contributed by atoms with E-state index in [1.54, 1.807) is 7.11 Å². The average molecular weight is 393 g/mol. The number of hydrogen-bond acceptors (Lipinski definition) is 4. The van der Waals surface area contributed by atoms with E-state index in [2.05, 4.69) is 0 Å². The van der Waals surface area contributed by atoms with Crippen molar-refractivity contribution in [2.45, 2.75) is 12.2 Å². The molecule has 0 bridgehead atoms. The van der Waals surface area contributed by atoms with Crippen molar-refractivity contribution in [1.82, 2.24) is 14.4 Å². The van der Waals surface area contributed by atoms with E-state index in [1.807, 2.05) is 73.8 Å². The van der Waals surface area contributed by atoms with E-state index < -0.39 is 5.66 Å². The highest BCUT2D eigenvalue weighted by Gasteiger charge is 2.56. The van der Waals surface area contributed by atoms with Crippen LogP contribution in [-0.4, -0.2) is 46.4 Å². The Kier molecular flexibility index (Phi) is 3.80. The van der Waals surface area contributed by atoms with E-state index >= 15 is 0 Å². The first-order valence-corrected chi connectivity index (χ1v) is 10.1. The lowest BCUT2D eigenvalue weighted by molar-refractivity contribution is -0.00591. The molecule has 1 saturated heterocycles. The molecule has 0 aliphatic carbocycles. The van der Waals surface area contributed by atoms with Crippen molar-refractivity contribution in [2.75, 3.05) is 20.2 Å². The summed E-state index contributed by atoms with van der Waals surface area (Å²) in [5.74, 6) is 0.639. The second-order valence-electron chi connectivity index (χ2n) is 6.99. The number of rotatable bonds is 3. The van der Waals surface area contributed by atoms with E-state index in [1.165, 1.54) is 11.3 Å². The van der Waals surface area contributed by atoms with Crippen LogP contribution in [0.5, 0.6) is 5.75 Å². The summed E-state index contributed by atoms with van der Waals surface area (Å²) in [7, 11) is 1.62. The van der Waals surface area contributed by atoms with Gasteiger partial charge in [-0.1, -0.05) is 12.1 Å². The van der Waals surface area contributed by atoms with Crippen LogP contribution >= 0.6 is 11.3 Å². The molecule has 1 unspecified atom stereocenters. The van der Waals surface area contributed by atoms with Crippen molar-refractivity contribution in [1.29, 1.82) is 0 Å². The Morgan fingerprint density at radius 3 is 2.68 bits per heavy atom. The van der Waals surface area contributed by atoms with Gasteiger partial charge in [-0.3, -0.25) is 9.59 Å². The van der Waals surface area contributed by atoms with E-state index in [4.69, 9.17) is 4.74 Å². The first-order valence-electron chi connectivity index (χ1n) is 9.11. The molecule has 1 atom stereocenters. The number of amides is 2. The maximum absolute atomic E-state index is 13.4. The Balaban J connectivity index is 1.68. The minimum Gasteiger partial charge on any atom is -0.497 e. The van der Waals surface area contributed by atoms with Gasteiger partial charge in [-0.05, 0) is 35.7 Å². The maximum atomic E-state index is 13.4. The van der Waals surface area contributed by atoms with Crippen LogP contribution in [0.15, 0.2) is 59.4 Å². The Morgan fingerprint density at radius 2 is 1.96 bits per heavy atom. The second-order valence-corrected chi connectivity index (χ2v) is 7.77. The van der Waals surface area contributed by atoms with Crippen LogP contribution in [0.1, 0.15) is 26.4 Å². The summed E-state index contributed by atoms with van der Waals surface area (Å²) in [5.41, 5.74) is 1.37. The molecular formula is C21H19N3O3S. The number of methoxy groups -OCH3 is 1. The fourth-order valence-electron chi connectivity index (χ4n) is 4.35. The topological polar surface area (TPSA) is 54.8 Å². The van der Waals surface area contributed by atoms with E-state index in [9.17, 15) is 9.59 Å². The molecular weight excluding hydrogens is 374 g/mol. The van der Waals surface area contributed by atoms with Crippen LogP contribution in [0.2, 0.25) is 0 Å². The van der Waals surface area contributed by atoms with Crippen molar-refractivity contribution >= 4 is 23.2 Å². The molecule has 4 heterocycles. The zero-order valence-corrected chi connectivity index (χ0v) is 16.2. The lowest BCUT2D eigenvalue weighted by Gasteiger charge is -2.47. The Hall–Kier alpha value is -3.06. The van der Waals surface area contributed by atoms with Crippen molar-refractivity contribution in [2.24, 2.45) is 0 Å². The van der Waals surface area contributed by atoms with Crippen LogP contribution in [0, 0.1) is 0 Å². The van der Waals surface area contributed by atoms with Crippen molar-refractivity contribution in [3.05, 3.63) is 76.2 Å². The minimum atomic E-state index is -0.853. The molecule has 142 valence electrons. The number of fused-ring (bicyclic) bond motifs is 2. The Bertz CT molecular complexity index is 1040. The molecule has 0 radical (unpaired) electrons. The van der Waals surface area contributed by atoms with Crippen LogP contribution in [-0.2, 0) is 12.2 Å².